The second kappa shape index (κ2) is 8.82. The Hall–Kier alpha value is -2.66. The molecule has 0 bridgehead atoms. The second-order valence-electron chi connectivity index (χ2n) is 7.38. The molecule has 0 aliphatic carbocycles. The van der Waals surface area contributed by atoms with Crippen molar-refractivity contribution in [2.75, 3.05) is 30.3 Å². The van der Waals surface area contributed by atoms with Gasteiger partial charge < -0.3 is 10.6 Å². The van der Waals surface area contributed by atoms with Crippen molar-refractivity contribution in [3.63, 3.8) is 0 Å². The molecule has 1 saturated heterocycles. The van der Waals surface area contributed by atoms with E-state index in [1.807, 2.05) is 37.3 Å². The second-order valence-corrected chi connectivity index (χ2v) is 7.38. The van der Waals surface area contributed by atoms with E-state index >= 15 is 0 Å². The molecule has 0 saturated carbocycles. The van der Waals surface area contributed by atoms with Crippen LogP contribution in [0.1, 0.15) is 35.7 Å². The molecule has 27 heavy (non-hydrogen) atoms. The lowest BCUT2D eigenvalue weighted by Gasteiger charge is -2.29. The summed E-state index contributed by atoms with van der Waals surface area (Å²) >= 11 is 0. The number of rotatable bonds is 5. The fourth-order valence-corrected chi connectivity index (χ4v) is 3.32. The SMILES string of the molecule is Cc1cccc(NC(=O)c2ccccc2NC(=O)CN2CCC(C)CC2)c1. The first-order valence-electron chi connectivity index (χ1n) is 9.50. The van der Waals surface area contributed by atoms with E-state index < -0.39 is 0 Å². The van der Waals surface area contributed by atoms with Gasteiger partial charge >= 0.3 is 0 Å². The first-order chi connectivity index (χ1) is 13.0. The van der Waals surface area contributed by atoms with Crippen LogP contribution in [0.3, 0.4) is 0 Å². The monoisotopic (exact) mass is 365 g/mol. The van der Waals surface area contributed by atoms with Gasteiger partial charge in [-0.25, -0.2) is 0 Å². The molecule has 0 unspecified atom stereocenters. The van der Waals surface area contributed by atoms with Crippen LogP contribution in [0.2, 0.25) is 0 Å². The van der Waals surface area contributed by atoms with Crippen molar-refractivity contribution >= 4 is 23.2 Å². The van der Waals surface area contributed by atoms with Crippen molar-refractivity contribution in [2.45, 2.75) is 26.7 Å². The summed E-state index contributed by atoms with van der Waals surface area (Å²) in [6, 6.07) is 14.8. The molecular weight excluding hydrogens is 338 g/mol. The lowest BCUT2D eigenvalue weighted by molar-refractivity contribution is -0.117. The van der Waals surface area contributed by atoms with Crippen LogP contribution in [0, 0.1) is 12.8 Å². The Morgan fingerprint density at radius 3 is 2.52 bits per heavy atom. The maximum Gasteiger partial charge on any atom is 0.257 e. The molecule has 0 aromatic heterocycles. The number of aryl methyl sites for hydroxylation is 1. The number of anilines is 2. The molecule has 3 rings (SSSR count). The van der Waals surface area contributed by atoms with Gasteiger partial charge in [-0.3, -0.25) is 14.5 Å². The third-order valence-corrected chi connectivity index (χ3v) is 4.97. The smallest absolute Gasteiger partial charge is 0.257 e. The molecule has 0 radical (unpaired) electrons. The highest BCUT2D eigenvalue weighted by Gasteiger charge is 2.19. The van der Waals surface area contributed by atoms with Crippen LogP contribution in [-0.4, -0.2) is 36.3 Å². The Labute approximate surface area is 160 Å². The number of carbonyl (C=O) groups is 2. The minimum absolute atomic E-state index is 0.0830. The van der Waals surface area contributed by atoms with Gasteiger partial charge in [-0.15, -0.1) is 0 Å². The molecule has 2 aromatic rings. The molecule has 5 nitrogen and oxygen atoms in total. The van der Waals surface area contributed by atoms with Crippen LogP contribution < -0.4 is 10.6 Å². The minimum atomic E-state index is -0.233. The number of likely N-dealkylation sites (tertiary alicyclic amines) is 1. The van der Waals surface area contributed by atoms with E-state index in [0.29, 0.717) is 17.8 Å². The summed E-state index contributed by atoms with van der Waals surface area (Å²) in [6.07, 6.45) is 2.26. The zero-order chi connectivity index (χ0) is 19.2. The predicted molar refractivity (Wildman–Crippen MR) is 109 cm³/mol. The summed E-state index contributed by atoms with van der Waals surface area (Å²) in [4.78, 5) is 27.3. The Balaban J connectivity index is 1.64. The zero-order valence-electron chi connectivity index (χ0n) is 16.0. The van der Waals surface area contributed by atoms with Crippen LogP contribution in [-0.2, 0) is 4.79 Å². The van der Waals surface area contributed by atoms with Gasteiger partial charge in [0.2, 0.25) is 5.91 Å². The Morgan fingerprint density at radius 2 is 1.78 bits per heavy atom. The van der Waals surface area contributed by atoms with Crippen molar-refractivity contribution in [1.29, 1.82) is 0 Å². The number of amides is 2. The Morgan fingerprint density at radius 1 is 1.04 bits per heavy atom. The highest BCUT2D eigenvalue weighted by Crippen LogP contribution is 2.19. The van der Waals surface area contributed by atoms with Crippen LogP contribution in [0.25, 0.3) is 0 Å². The van der Waals surface area contributed by atoms with Crippen molar-refractivity contribution in [3.05, 3.63) is 59.7 Å². The van der Waals surface area contributed by atoms with Gasteiger partial charge in [-0.1, -0.05) is 31.2 Å². The molecule has 0 atom stereocenters. The average molecular weight is 365 g/mol. The van der Waals surface area contributed by atoms with Gasteiger partial charge in [-0.2, -0.15) is 0 Å². The fraction of sp³-hybridized carbons (Fsp3) is 0.364. The highest BCUT2D eigenvalue weighted by atomic mass is 16.2. The van der Waals surface area contributed by atoms with E-state index in [-0.39, 0.29) is 11.8 Å². The van der Waals surface area contributed by atoms with Gasteiger partial charge in [0.25, 0.3) is 5.91 Å². The molecule has 142 valence electrons. The van der Waals surface area contributed by atoms with Crippen LogP contribution >= 0.6 is 0 Å². The molecule has 1 aliphatic rings. The van der Waals surface area contributed by atoms with Gasteiger partial charge in [0.15, 0.2) is 0 Å². The largest absolute Gasteiger partial charge is 0.324 e. The van der Waals surface area contributed by atoms with Gasteiger partial charge in [0.05, 0.1) is 17.8 Å². The first kappa shape index (κ1) is 19.1. The number of hydrogen-bond donors (Lipinski definition) is 2. The van der Waals surface area contributed by atoms with E-state index in [9.17, 15) is 9.59 Å². The number of carbonyl (C=O) groups excluding carboxylic acids is 2. The minimum Gasteiger partial charge on any atom is -0.324 e. The van der Waals surface area contributed by atoms with Gasteiger partial charge in [0, 0.05) is 5.69 Å². The molecule has 2 amide bonds. The number of nitrogens with one attached hydrogen (secondary N) is 2. The number of piperidine rings is 1. The lowest BCUT2D eigenvalue weighted by Crippen LogP contribution is -2.38. The number of nitrogens with zero attached hydrogens (tertiary/aromatic N) is 1. The van der Waals surface area contributed by atoms with Gasteiger partial charge in [-0.05, 0) is 68.6 Å². The maximum atomic E-state index is 12.7. The lowest BCUT2D eigenvalue weighted by atomic mass is 9.99. The summed E-state index contributed by atoms with van der Waals surface area (Å²) in [5.41, 5.74) is 2.81. The zero-order valence-corrected chi connectivity index (χ0v) is 16.0. The fourth-order valence-electron chi connectivity index (χ4n) is 3.32. The van der Waals surface area contributed by atoms with Crippen LogP contribution in [0.4, 0.5) is 11.4 Å². The standard InChI is InChI=1S/C22H27N3O2/c1-16-10-12-25(13-11-16)15-21(26)24-20-9-4-3-8-19(20)22(27)23-18-7-5-6-17(2)14-18/h3-9,14,16H,10-13,15H2,1-2H3,(H,23,27)(H,24,26). The third-order valence-electron chi connectivity index (χ3n) is 4.97. The molecule has 1 heterocycles. The molecule has 2 N–H and O–H groups in total. The molecule has 0 spiro atoms. The number of hydrogen-bond acceptors (Lipinski definition) is 3. The molecular formula is C22H27N3O2. The topological polar surface area (TPSA) is 61.4 Å². The van der Waals surface area contributed by atoms with E-state index in [1.54, 1.807) is 18.2 Å². The molecule has 5 heteroatoms. The Bertz CT molecular complexity index is 811. The Kier molecular flexibility index (Phi) is 6.24. The summed E-state index contributed by atoms with van der Waals surface area (Å²) in [5.74, 6) is 0.416. The maximum absolute atomic E-state index is 12.7. The predicted octanol–water partition coefficient (Wildman–Crippen LogP) is 3.92. The quantitative estimate of drug-likeness (QED) is 0.844. The van der Waals surface area contributed by atoms with Gasteiger partial charge in [0.1, 0.15) is 0 Å². The van der Waals surface area contributed by atoms with Crippen molar-refractivity contribution in [1.82, 2.24) is 4.90 Å². The summed E-state index contributed by atoms with van der Waals surface area (Å²) in [5, 5.41) is 5.80. The summed E-state index contributed by atoms with van der Waals surface area (Å²) in [6.45, 7) is 6.49. The van der Waals surface area contributed by atoms with E-state index in [2.05, 4.69) is 22.5 Å². The van der Waals surface area contributed by atoms with E-state index in [4.69, 9.17) is 0 Å². The first-order valence-corrected chi connectivity index (χ1v) is 9.50. The summed E-state index contributed by atoms with van der Waals surface area (Å²) < 4.78 is 0. The molecule has 1 aliphatic heterocycles. The number of benzene rings is 2. The highest BCUT2D eigenvalue weighted by molar-refractivity contribution is 6.10. The van der Waals surface area contributed by atoms with Crippen molar-refractivity contribution in [2.24, 2.45) is 5.92 Å². The third kappa shape index (κ3) is 5.41. The average Bonchev–Trinajstić information content (AvgIpc) is 2.64. The van der Waals surface area contributed by atoms with Crippen LogP contribution in [0.5, 0.6) is 0 Å². The summed E-state index contributed by atoms with van der Waals surface area (Å²) in [7, 11) is 0. The van der Waals surface area contributed by atoms with E-state index in [1.165, 1.54) is 0 Å². The van der Waals surface area contributed by atoms with Crippen molar-refractivity contribution in [3.8, 4) is 0 Å². The van der Waals surface area contributed by atoms with E-state index in [0.717, 1.165) is 43.1 Å². The van der Waals surface area contributed by atoms with Crippen LogP contribution in [0.15, 0.2) is 48.5 Å². The normalized spacial score (nSPS) is 15.3. The van der Waals surface area contributed by atoms with Crippen molar-refractivity contribution < 1.29 is 9.59 Å². The molecule has 2 aromatic carbocycles. The molecule has 1 fully saturated rings. The number of para-hydroxylation sites is 1.